The van der Waals surface area contributed by atoms with Gasteiger partial charge in [0.1, 0.15) is 11.5 Å². The van der Waals surface area contributed by atoms with Gasteiger partial charge in [-0.3, -0.25) is 0 Å². The third kappa shape index (κ3) is 2.87. The number of nitrogens with zero attached hydrogens (tertiary/aromatic N) is 2. The molecule has 0 aliphatic heterocycles. The molecule has 0 atom stereocenters. The molecule has 5 nitrogen and oxygen atoms in total. The van der Waals surface area contributed by atoms with Gasteiger partial charge in [-0.05, 0) is 19.3 Å². The van der Waals surface area contributed by atoms with Gasteiger partial charge in [-0.15, -0.1) is 6.58 Å². The minimum atomic E-state index is 0.414. The number of hydrogen-bond acceptors (Lipinski definition) is 3. The first-order valence-corrected chi connectivity index (χ1v) is 5.92. The first kappa shape index (κ1) is 11.7. The number of hydrogen-bond donors (Lipinski definition) is 2. The Labute approximate surface area is 101 Å². The lowest BCUT2D eigenvalue weighted by Crippen LogP contribution is -2.31. The Morgan fingerprint density at radius 2 is 2.35 bits per heavy atom. The van der Waals surface area contributed by atoms with Gasteiger partial charge in [0.2, 0.25) is 0 Å². The van der Waals surface area contributed by atoms with Gasteiger partial charge in [0.05, 0.1) is 6.54 Å². The van der Waals surface area contributed by atoms with Crippen LogP contribution in [0.1, 0.15) is 29.9 Å². The maximum atomic E-state index is 5.69. The van der Waals surface area contributed by atoms with Crippen molar-refractivity contribution < 1.29 is 4.52 Å². The number of aliphatic imine (C=N–C) groups is 1. The monoisotopic (exact) mass is 234 g/mol. The molecule has 17 heavy (non-hydrogen) atoms. The molecule has 1 aromatic rings. The summed E-state index contributed by atoms with van der Waals surface area (Å²) in [5.41, 5.74) is 7.84. The van der Waals surface area contributed by atoms with Crippen LogP contribution in [-0.2, 0) is 19.4 Å². The zero-order valence-corrected chi connectivity index (χ0v) is 9.91. The summed E-state index contributed by atoms with van der Waals surface area (Å²) in [5.74, 6) is 1.44. The van der Waals surface area contributed by atoms with Gasteiger partial charge in [-0.1, -0.05) is 11.2 Å². The van der Waals surface area contributed by atoms with E-state index in [1.807, 2.05) is 0 Å². The average molecular weight is 234 g/mol. The van der Waals surface area contributed by atoms with Crippen LogP contribution in [0.15, 0.2) is 22.2 Å². The summed E-state index contributed by atoms with van der Waals surface area (Å²) in [6.45, 7) is 4.70. The quantitative estimate of drug-likeness (QED) is 0.465. The number of fused-ring (bicyclic) bond motifs is 1. The van der Waals surface area contributed by atoms with E-state index >= 15 is 0 Å². The van der Waals surface area contributed by atoms with Crippen molar-refractivity contribution in [1.82, 2.24) is 10.5 Å². The second-order valence-electron chi connectivity index (χ2n) is 4.11. The number of nitrogens with one attached hydrogen (secondary N) is 1. The van der Waals surface area contributed by atoms with E-state index in [1.165, 1.54) is 18.4 Å². The SMILES string of the molecule is C=CCNC(N)=NCc1noc2c1CCCC2. The number of nitrogens with two attached hydrogens (primary N) is 1. The predicted molar refractivity (Wildman–Crippen MR) is 66.7 cm³/mol. The van der Waals surface area contributed by atoms with Gasteiger partial charge in [0.25, 0.3) is 0 Å². The minimum absolute atomic E-state index is 0.414. The molecule has 1 aromatic heterocycles. The maximum Gasteiger partial charge on any atom is 0.189 e. The van der Waals surface area contributed by atoms with Gasteiger partial charge >= 0.3 is 0 Å². The first-order chi connectivity index (χ1) is 8.31. The van der Waals surface area contributed by atoms with Crippen molar-refractivity contribution in [1.29, 1.82) is 0 Å². The van der Waals surface area contributed by atoms with E-state index in [1.54, 1.807) is 6.08 Å². The van der Waals surface area contributed by atoms with Crippen molar-refractivity contribution in [2.24, 2.45) is 10.7 Å². The normalized spacial score (nSPS) is 15.4. The summed E-state index contributed by atoms with van der Waals surface area (Å²) in [6.07, 6.45) is 6.17. The Balaban J connectivity index is 1.99. The molecule has 0 amide bonds. The second kappa shape index (κ2) is 5.52. The zero-order chi connectivity index (χ0) is 12.1. The van der Waals surface area contributed by atoms with E-state index in [2.05, 4.69) is 22.0 Å². The third-order valence-corrected chi connectivity index (χ3v) is 2.86. The van der Waals surface area contributed by atoms with Crippen LogP contribution in [0, 0.1) is 0 Å². The van der Waals surface area contributed by atoms with Gasteiger partial charge in [-0.2, -0.15) is 0 Å². The summed E-state index contributed by atoms with van der Waals surface area (Å²) >= 11 is 0. The van der Waals surface area contributed by atoms with E-state index in [0.717, 1.165) is 24.3 Å². The molecule has 0 bridgehead atoms. The molecule has 0 unspecified atom stereocenters. The topological polar surface area (TPSA) is 76.4 Å². The summed E-state index contributed by atoms with van der Waals surface area (Å²) in [7, 11) is 0. The fourth-order valence-corrected chi connectivity index (χ4v) is 1.97. The molecule has 0 saturated carbocycles. The molecular formula is C12H18N4O. The zero-order valence-electron chi connectivity index (χ0n) is 9.91. The number of aromatic nitrogens is 1. The molecule has 92 valence electrons. The Morgan fingerprint density at radius 1 is 1.53 bits per heavy atom. The Kier molecular flexibility index (Phi) is 3.80. The molecule has 0 fully saturated rings. The Hall–Kier alpha value is -1.78. The van der Waals surface area contributed by atoms with Gasteiger partial charge in [0.15, 0.2) is 5.96 Å². The van der Waals surface area contributed by atoms with E-state index in [4.69, 9.17) is 10.3 Å². The molecular weight excluding hydrogens is 216 g/mol. The van der Waals surface area contributed by atoms with Crippen molar-refractivity contribution in [3.8, 4) is 0 Å². The molecule has 1 aliphatic carbocycles. The highest BCUT2D eigenvalue weighted by Gasteiger charge is 2.18. The molecule has 1 aliphatic rings. The van der Waals surface area contributed by atoms with Crippen molar-refractivity contribution >= 4 is 5.96 Å². The van der Waals surface area contributed by atoms with Crippen LogP contribution in [0.3, 0.4) is 0 Å². The van der Waals surface area contributed by atoms with Crippen LogP contribution >= 0.6 is 0 Å². The van der Waals surface area contributed by atoms with E-state index in [-0.39, 0.29) is 0 Å². The molecule has 3 N–H and O–H groups in total. The van der Waals surface area contributed by atoms with Gasteiger partial charge < -0.3 is 15.6 Å². The first-order valence-electron chi connectivity index (χ1n) is 5.92. The summed E-state index contributed by atoms with van der Waals surface area (Å²) < 4.78 is 5.30. The van der Waals surface area contributed by atoms with Gasteiger partial charge in [-0.25, -0.2) is 4.99 Å². The highest BCUT2D eigenvalue weighted by atomic mass is 16.5. The van der Waals surface area contributed by atoms with Crippen molar-refractivity contribution in [3.05, 3.63) is 29.7 Å². The smallest absolute Gasteiger partial charge is 0.189 e. The Bertz CT molecular complexity index is 422. The lowest BCUT2D eigenvalue weighted by molar-refractivity contribution is 0.368. The molecule has 5 heteroatoms. The summed E-state index contributed by atoms with van der Waals surface area (Å²) in [6, 6.07) is 0. The maximum absolute atomic E-state index is 5.69. The second-order valence-corrected chi connectivity index (χ2v) is 4.11. The van der Waals surface area contributed by atoms with Crippen LogP contribution in [0.4, 0.5) is 0 Å². The predicted octanol–water partition coefficient (Wildman–Crippen LogP) is 1.14. The van der Waals surface area contributed by atoms with Crippen molar-refractivity contribution in [2.75, 3.05) is 6.54 Å². The summed E-state index contributed by atoms with van der Waals surface area (Å²) in [4.78, 5) is 4.23. The molecule has 0 aromatic carbocycles. The third-order valence-electron chi connectivity index (χ3n) is 2.86. The lowest BCUT2D eigenvalue weighted by atomic mass is 9.96. The van der Waals surface area contributed by atoms with Crippen molar-refractivity contribution in [3.63, 3.8) is 0 Å². The molecule has 0 saturated heterocycles. The van der Waals surface area contributed by atoms with E-state index in [9.17, 15) is 0 Å². The molecule has 0 radical (unpaired) electrons. The fourth-order valence-electron chi connectivity index (χ4n) is 1.97. The molecule has 2 rings (SSSR count). The lowest BCUT2D eigenvalue weighted by Gasteiger charge is -2.08. The number of rotatable bonds is 4. The molecule has 0 spiro atoms. The van der Waals surface area contributed by atoms with E-state index in [0.29, 0.717) is 19.0 Å². The van der Waals surface area contributed by atoms with Crippen molar-refractivity contribution in [2.45, 2.75) is 32.2 Å². The van der Waals surface area contributed by atoms with Gasteiger partial charge in [0, 0.05) is 18.5 Å². The minimum Gasteiger partial charge on any atom is -0.370 e. The van der Waals surface area contributed by atoms with Crippen LogP contribution in [-0.4, -0.2) is 17.7 Å². The number of guanidine groups is 1. The van der Waals surface area contributed by atoms with Crippen LogP contribution < -0.4 is 11.1 Å². The fraction of sp³-hybridized carbons (Fsp3) is 0.500. The highest BCUT2D eigenvalue weighted by molar-refractivity contribution is 5.77. The highest BCUT2D eigenvalue weighted by Crippen LogP contribution is 2.24. The van der Waals surface area contributed by atoms with E-state index < -0.39 is 0 Å². The molecule has 1 heterocycles. The summed E-state index contributed by atoms with van der Waals surface area (Å²) in [5, 5.41) is 6.99. The number of aryl methyl sites for hydroxylation is 1. The Morgan fingerprint density at radius 3 is 3.18 bits per heavy atom. The largest absolute Gasteiger partial charge is 0.370 e. The average Bonchev–Trinajstić information content (AvgIpc) is 2.77. The van der Waals surface area contributed by atoms with Crippen LogP contribution in [0.25, 0.3) is 0 Å². The standard InChI is InChI=1S/C12H18N4O/c1-2-7-14-12(13)15-8-10-9-5-3-4-6-11(9)17-16-10/h2H,1,3-8H2,(H3,13,14,15). The van der Waals surface area contributed by atoms with Crippen LogP contribution in [0.5, 0.6) is 0 Å². The van der Waals surface area contributed by atoms with Crippen LogP contribution in [0.2, 0.25) is 0 Å².